The fourth-order valence-corrected chi connectivity index (χ4v) is 4.52. The Morgan fingerprint density at radius 2 is 1.64 bits per heavy atom. The molecule has 1 aliphatic rings. The Hall–Kier alpha value is -4.26. The fraction of sp³-hybridized carbons (Fsp3) is 0.241. The summed E-state index contributed by atoms with van der Waals surface area (Å²) in [5.74, 6) is 0.00373. The number of ketones is 1. The van der Waals surface area contributed by atoms with E-state index in [0.717, 1.165) is 16.7 Å². The minimum Gasteiger partial charge on any atom is -0.503 e. The van der Waals surface area contributed by atoms with Crippen LogP contribution in [0.3, 0.4) is 0 Å². The number of aliphatic hydroxyl groups excluding tert-OH is 1. The van der Waals surface area contributed by atoms with Crippen LogP contribution in [0.5, 0.6) is 17.2 Å². The first kappa shape index (κ1) is 24.9. The zero-order chi connectivity index (χ0) is 26.0. The molecule has 1 amide bonds. The van der Waals surface area contributed by atoms with Crippen LogP contribution in [0.25, 0.3) is 0 Å². The molecule has 0 spiro atoms. The van der Waals surface area contributed by atoms with Crippen molar-refractivity contribution in [2.24, 2.45) is 0 Å². The van der Waals surface area contributed by atoms with Gasteiger partial charge in [-0.3, -0.25) is 9.59 Å². The lowest BCUT2D eigenvalue weighted by molar-refractivity contribution is -0.131. The van der Waals surface area contributed by atoms with Gasteiger partial charge in [0.25, 0.3) is 5.91 Å². The molecular weight excluding hydrogens is 458 g/mol. The van der Waals surface area contributed by atoms with Gasteiger partial charge in [0.05, 0.1) is 21.3 Å². The molecule has 1 aliphatic heterocycles. The summed E-state index contributed by atoms with van der Waals surface area (Å²) < 4.78 is 16.2. The van der Waals surface area contributed by atoms with Crippen LogP contribution in [0.4, 0.5) is 0 Å². The number of carbonyl (C=O) groups excluding carboxylic acids is 2. The Morgan fingerprint density at radius 1 is 0.889 bits per heavy atom. The Bertz CT molecular complexity index is 1360. The van der Waals surface area contributed by atoms with Crippen LogP contribution < -0.4 is 14.2 Å². The Morgan fingerprint density at radius 3 is 2.31 bits per heavy atom. The quantitative estimate of drug-likeness (QED) is 0.456. The van der Waals surface area contributed by atoms with Crippen molar-refractivity contribution in [3.63, 3.8) is 0 Å². The molecule has 4 rings (SSSR count). The number of benzene rings is 3. The van der Waals surface area contributed by atoms with Crippen LogP contribution in [-0.4, -0.2) is 43.0 Å². The molecule has 0 saturated heterocycles. The van der Waals surface area contributed by atoms with E-state index in [4.69, 9.17) is 14.2 Å². The van der Waals surface area contributed by atoms with Crippen molar-refractivity contribution in [3.8, 4) is 17.2 Å². The van der Waals surface area contributed by atoms with E-state index in [1.165, 1.54) is 25.2 Å². The van der Waals surface area contributed by atoms with E-state index in [1.54, 1.807) is 49.6 Å². The van der Waals surface area contributed by atoms with Crippen molar-refractivity contribution in [2.45, 2.75) is 25.9 Å². The lowest BCUT2D eigenvalue weighted by atomic mass is 9.81. The summed E-state index contributed by atoms with van der Waals surface area (Å²) in [5.41, 5.74) is 1.99. The molecule has 186 valence electrons. The van der Waals surface area contributed by atoms with Crippen molar-refractivity contribution >= 4 is 11.7 Å². The largest absolute Gasteiger partial charge is 0.503 e. The Balaban J connectivity index is 1.95. The van der Waals surface area contributed by atoms with Gasteiger partial charge in [0, 0.05) is 18.2 Å². The van der Waals surface area contributed by atoms with Crippen LogP contribution in [0.2, 0.25) is 0 Å². The van der Waals surface area contributed by atoms with Crippen molar-refractivity contribution in [1.82, 2.24) is 4.90 Å². The minimum atomic E-state index is -1.62. The number of aryl methyl sites for hydroxylation is 2. The first-order valence-electron chi connectivity index (χ1n) is 11.5. The maximum atomic E-state index is 14.4. The second-order valence-corrected chi connectivity index (χ2v) is 8.74. The molecule has 36 heavy (non-hydrogen) atoms. The second kappa shape index (κ2) is 9.77. The van der Waals surface area contributed by atoms with Gasteiger partial charge < -0.3 is 24.2 Å². The molecule has 1 atom stereocenters. The number of nitrogens with zero attached hydrogens (tertiary/aromatic N) is 1. The number of aliphatic hydroxyl groups is 1. The lowest BCUT2D eigenvalue weighted by Gasteiger charge is -2.37. The van der Waals surface area contributed by atoms with Crippen molar-refractivity contribution in [2.75, 3.05) is 21.3 Å². The molecule has 0 radical (unpaired) electrons. The van der Waals surface area contributed by atoms with Gasteiger partial charge >= 0.3 is 0 Å². The number of Topliss-reactive ketones (excluding diaryl/α,β-unsaturated/α-hetero) is 1. The normalized spacial score (nSPS) is 17.1. The van der Waals surface area contributed by atoms with E-state index in [1.807, 2.05) is 32.0 Å². The molecule has 0 aliphatic carbocycles. The monoisotopic (exact) mass is 487 g/mol. The molecule has 1 heterocycles. The van der Waals surface area contributed by atoms with E-state index in [-0.39, 0.29) is 12.3 Å². The minimum absolute atomic E-state index is 0.0571. The van der Waals surface area contributed by atoms with E-state index in [2.05, 4.69) is 0 Å². The Kier molecular flexibility index (Phi) is 6.75. The highest BCUT2D eigenvalue weighted by molar-refractivity contribution is 6.11. The van der Waals surface area contributed by atoms with Gasteiger partial charge in [0.15, 0.2) is 28.6 Å². The summed E-state index contributed by atoms with van der Waals surface area (Å²) in [7, 11) is 4.58. The maximum Gasteiger partial charge on any atom is 0.290 e. The fourth-order valence-electron chi connectivity index (χ4n) is 4.52. The highest BCUT2D eigenvalue weighted by Gasteiger charge is 2.52. The smallest absolute Gasteiger partial charge is 0.290 e. The van der Waals surface area contributed by atoms with Crippen LogP contribution in [0.1, 0.15) is 32.6 Å². The molecule has 0 aromatic heterocycles. The molecule has 3 aromatic carbocycles. The standard InChI is InChI=1S/C29H29NO6/c1-18-9-10-21(13-19(18)2)27(32)29(22-11-12-25(35-4)26(15-22)36-5)16-24(31)28(33)30(29)17-20-7-6-8-23(14-20)34-3/h6-16,31H,17H2,1-5H3. The van der Waals surface area contributed by atoms with Gasteiger partial charge in [-0.25, -0.2) is 0 Å². The van der Waals surface area contributed by atoms with Gasteiger partial charge in [-0.05, 0) is 66.4 Å². The van der Waals surface area contributed by atoms with Gasteiger partial charge in [-0.2, -0.15) is 0 Å². The number of hydrogen-bond acceptors (Lipinski definition) is 6. The van der Waals surface area contributed by atoms with E-state index >= 15 is 0 Å². The van der Waals surface area contributed by atoms with E-state index < -0.39 is 17.2 Å². The van der Waals surface area contributed by atoms with Crippen molar-refractivity contribution < 1.29 is 28.9 Å². The molecular formula is C29H29NO6. The number of hydrogen-bond donors (Lipinski definition) is 1. The van der Waals surface area contributed by atoms with E-state index in [9.17, 15) is 14.7 Å². The number of methoxy groups -OCH3 is 3. The number of carbonyl (C=O) groups is 2. The summed E-state index contributed by atoms with van der Waals surface area (Å²) in [6.45, 7) is 3.95. The molecule has 0 fully saturated rings. The predicted molar refractivity (Wildman–Crippen MR) is 136 cm³/mol. The highest BCUT2D eigenvalue weighted by Crippen LogP contribution is 2.44. The summed E-state index contributed by atoms with van der Waals surface area (Å²) >= 11 is 0. The lowest BCUT2D eigenvalue weighted by Crippen LogP contribution is -2.49. The predicted octanol–water partition coefficient (Wildman–Crippen LogP) is 4.89. The zero-order valence-electron chi connectivity index (χ0n) is 21.0. The molecule has 1 N–H and O–H groups in total. The number of rotatable bonds is 8. The second-order valence-electron chi connectivity index (χ2n) is 8.74. The molecule has 7 heteroatoms. The van der Waals surface area contributed by atoms with Crippen molar-refractivity contribution in [1.29, 1.82) is 0 Å². The maximum absolute atomic E-state index is 14.4. The van der Waals surface area contributed by atoms with Crippen LogP contribution in [0, 0.1) is 13.8 Å². The van der Waals surface area contributed by atoms with Crippen LogP contribution in [0.15, 0.2) is 72.5 Å². The number of ether oxygens (including phenoxy) is 3. The average Bonchev–Trinajstić information content (AvgIpc) is 3.15. The first-order valence-corrected chi connectivity index (χ1v) is 11.5. The molecule has 0 bridgehead atoms. The first-order chi connectivity index (χ1) is 17.2. The Labute approximate surface area is 210 Å². The van der Waals surface area contributed by atoms with Gasteiger partial charge in [0.1, 0.15) is 5.75 Å². The summed E-state index contributed by atoms with van der Waals surface area (Å²) in [6.07, 6.45) is 1.33. The van der Waals surface area contributed by atoms with Crippen LogP contribution >= 0.6 is 0 Å². The third-order valence-electron chi connectivity index (χ3n) is 6.65. The van der Waals surface area contributed by atoms with Gasteiger partial charge in [0.2, 0.25) is 0 Å². The van der Waals surface area contributed by atoms with Crippen molar-refractivity contribution in [3.05, 3.63) is 100 Å². The average molecular weight is 488 g/mol. The summed E-state index contributed by atoms with van der Waals surface area (Å²) in [5, 5.41) is 10.7. The van der Waals surface area contributed by atoms with Crippen LogP contribution in [-0.2, 0) is 16.9 Å². The SMILES string of the molecule is COc1cccc(CN2C(=O)C(O)=CC2(C(=O)c2ccc(C)c(C)c2)c2ccc(OC)c(OC)c2)c1. The van der Waals surface area contributed by atoms with Gasteiger partial charge in [-0.1, -0.05) is 30.3 Å². The summed E-state index contributed by atoms with van der Waals surface area (Å²) in [4.78, 5) is 29.1. The topological polar surface area (TPSA) is 85.3 Å². The molecule has 1 unspecified atom stereocenters. The molecule has 3 aromatic rings. The third kappa shape index (κ3) is 4.17. The van der Waals surface area contributed by atoms with E-state index in [0.29, 0.717) is 28.4 Å². The third-order valence-corrected chi connectivity index (χ3v) is 6.65. The summed E-state index contributed by atoms with van der Waals surface area (Å²) in [6, 6.07) is 17.7. The molecule has 0 saturated carbocycles. The highest BCUT2D eigenvalue weighted by atomic mass is 16.5. The number of amides is 1. The molecule has 7 nitrogen and oxygen atoms in total. The van der Waals surface area contributed by atoms with Gasteiger partial charge in [-0.15, -0.1) is 0 Å². The zero-order valence-corrected chi connectivity index (χ0v) is 21.0.